The molecular formula is C24H28F3N3O2. The maximum Gasteiger partial charge on any atom is 0.435 e. The fourth-order valence-electron chi connectivity index (χ4n) is 5.32. The van der Waals surface area contributed by atoms with E-state index in [9.17, 15) is 18.0 Å². The quantitative estimate of drug-likeness (QED) is 0.618. The van der Waals surface area contributed by atoms with Crippen molar-refractivity contribution in [2.24, 2.45) is 15.6 Å². The third-order valence-corrected chi connectivity index (χ3v) is 6.37. The van der Waals surface area contributed by atoms with Gasteiger partial charge in [-0.1, -0.05) is 32.9 Å². The lowest BCUT2D eigenvalue weighted by molar-refractivity contribution is -0.119. The van der Waals surface area contributed by atoms with E-state index in [1.165, 1.54) is 0 Å². The number of hydrogen-bond acceptors (Lipinski definition) is 5. The van der Waals surface area contributed by atoms with Crippen LogP contribution < -0.4 is 10.1 Å². The van der Waals surface area contributed by atoms with Gasteiger partial charge in [-0.15, -0.1) is 5.11 Å². The summed E-state index contributed by atoms with van der Waals surface area (Å²) in [5.74, 6) is 0.410. The molecule has 32 heavy (non-hydrogen) atoms. The van der Waals surface area contributed by atoms with E-state index in [0.717, 1.165) is 0 Å². The van der Waals surface area contributed by atoms with Gasteiger partial charge in [-0.3, -0.25) is 4.79 Å². The van der Waals surface area contributed by atoms with E-state index in [1.54, 1.807) is 24.3 Å². The Balaban J connectivity index is 2.04. The topological polar surface area (TPSA) is 63.0 Å². The Morgan fingerprint density at radius 1 is 1.25 bits per heavy atom. The molecule has 1 aliphatic carbocycles. The first kappa shape index (κ1) is 22.6. The van der Waals surface area contributed by atoms with Crippen LogP contribution in [0.5, 0.6) is 5.75 Å². The average Bonchev–Trinajstić information content (AvgIpc) is 3.09. The predicted molar refractivity (Wildman–Crippen MR) is 114 cm³/mol. The lowest BCUT2D eigenvalue weighted by Crippen LogP contribution is -2.52. The van der Waals surface area contributed by atoms with E-state index in [2.05, 4.69) is 15.5 Å². The Hall–Kier alpha value is -2.64. The number of Topliss-reactive ketones (excluding diaryl/α,β-unsaturated/α-hetero) is 1. The van der Waals surface area contributed by atoms with Gasteiger partial charge in [0.1, 0.15) is 5.75 Å². The van der Waals surface area contributed by atoms with Gasteiger partial charge in [0.05, 0.1) is 11.5 Å². The molecule has 5 nitrogen and oxygen atoms in total. The molecule has 0 saturated heterocycles. The SMILES string of the molecule is CC[C@@]1(c2cccc(OC(C)C)c2)C2=C(CC(C)(C)CC2=O)NC2N=NC(C(F)(F)F)=C21. The van der Waals surface area contributed by atoms with Gasteiger partial charge >= 0.3 is 6.18 Å². The van der Waals surface area contributed by atoms with Crippen LogP contribution in [0.4, 0.5) is 13.2 Å². The zero-order valence-electron chi connectivity index (χ0n) is 18.9. The van der Waals surface area contributed by atoms with E-state index < -0.39 is 23.5 Å². The Kier molecular flexibility index (Phi) is 5.25. The molecule has 0 bridgehead atoms. The summed E-state index contributed by atoms with van der Waals surface area (Å²) >= 11 is 0. The smallest absolute Gasteiger partial charge is 0.435 e. The summed E-state index contributed by atoms with van der Waals surface area (Å²) in [5.41, 5.74) is -0.939. The normalized spacial score (nSPS) is 26.9. The molecule has 0 spiro atoms. The number of allylic oxidation sites excluding steroid dienone is 3. The molecule has 4 rings (SSSR count). The number of rotatable bonds is 4. The number of nitrogens with one attached hydrogen (secondary N) is 1. The molecule has 1 unspecified atom stereocenters. The van der Waals surface area contributed by atoms with Crippen LogP contribution in [0.3, 0.4) is 0 Å². The number of carbonyl (C=O) groups excluding carboxylic acids is 1. The second kappa shape index (κ2) is 7.46. The first-order valence-corrected chi connectivity index (χ1v) is 10.9. The van der Waals surface area contributed by atoms with E-state index in [4.69, 9.17) is 4.74 Å². The number of nitrogens with zero attached hydrogens (tertiary/aromatic N) is 2. The maximum atomic E-state index is 14.1. The molecule has 8 heteroatoms. The van der Waals surface area contributed by atoms with Gasteiger partial charge in [-0.25, -0.2) is 0 Å². The summed E-state index contributed by atoms with van der Waals surface area (Å²) in [4.78, 5) is 13.5. The number of azo groups is 1. The molecule has 3 aliphatic rings. The van der Waals surface area contributed by atoms with Crippen LogP contribution in [-0.2, 0) is 10.2 Å². The van der Waals surface area contributed by atoms with E-state index >= 15 is 0 Å². The highest BCUT2D eigenvalue weighted by molar-refractivity contribution is 6.01. The molecule has 0 fully saturated rings. The molecule has 1 N–H and O–H groups in total. The zero-order valence-corrected chi connectivity index (χ0v) is 18.9. The lowest BCUT2D eigenvalue weighted by atomic mass is 9.58. The maximum absolute atomic E-state index is 14.1. The highest BCUT2D eigenvalue weighted by Crippen LogP contribution is 2.56. The fourth-order valence-corrected chi connectivity index (χ4v) is 5.32. The Bertz CT molecular complexity index is 1050. The Morgan fingerprint density at radius 3 is 2.59 bits per heavy atom. The number of hydrogen-bond donors (Lipinski definition) is 1. The summed E-state index contributed by atoms with van der Waals surface area (Å²) in [7, 11) is 0. The van der Waals surface area contributed by atoms with Crippen molar-refractivity contribution in [2.75, 3.05) is 0 Å². The van der Waals surface area contributed by atoms with Gasteiger partial charge in [-0.05, 0) is 49.8 Å². The van der Waals surface area contributed by atoms with Crippen molar-refractivity contribution in [3.63, 3.8) is 0 Å². The summed E-state index contributed by atoms with van der Waals surface area (Å²) in [6, 6.07) is 7.06. The minimum absolute atomic E-state index is 0.000929. The van der Waals surface area contributed by atoms with Crippen LogP contribution in [0.1, 0.15) is 59.4 Å². The van der Waals surface area contributed by atoms with Gasteiger partial charge in [0.2, 0.25) is 0 Å². The highest BCUT2D eigenvalue weighted by Gasteiger charge is 2.57. The van der Waals surface area contributed by atoms with Crippen LogP contribution in [-0.4, -0.2) is 24.2 Å². The summed E-state index contributed by atoms with van der Waals surface area (Å²) in [5, 5.41) is 10.6. The molecule has 2 aliphatic heterocycles. The number of ketones is 1. The molecule has 172 valence electrons. The minimum atomic E-state index is -4.68. The Labute approximate surface area is 185 Å². The number of alkyl halides is 3. The molecular weight excluding hydrogens is 419 g/mol. The average molecular weight is 448 g/mol. The van der Waals surface area contributed by atoms with E-state index in [0.29, 0.717) is 29.0 Å². The molecule has 0 aromatic heterocycles. The molecule has 2 heterocycles. The number of halogens is 3. The standard InChI is InChI=1S/C24H28F3N3O2/c1-6-23(14-8-7-9-15(10-14)32-13(2)3)18-16(11-22(4,5)12-17(18)31)28-21-19(23)20(29-30-21)24(25,26)27/h7-10,13,21,28H,6,11-12H2,1-5H3/t21?,23-/m1/s1. The molecule has 2 atom stereocenters. The van der Waals surface area contributed by atoms with Crippen molar-refractivity contribution in [1.29, 1.82) is 0 Å². The number of benzene rings is 1. The van der Waals surface area contributed by atoms with E-state index in [1.807, 2.05) is 34.6 Å². The third kappa shape index (κ3) is 3.53. The van der Waals surface area contributed by atoms with Crippen molar-refractivity contribution < 1.29 is 22.7 Å². The summed E-state index contributed by atoms with van der Waals surface area (Å²) in [6.45, 7) is 9.56. The zero-order chi connectivity index (χ0) is 23.5. The molecule has 0 saturated carbocycles. The number of carbonyl (C=O) groups is 1. The monoisotopic (exact) mass is 447 g/mol. The van der Waals surface area contributed by atoms with Crippen LogP contribution in [0.15, 0.2) is 57.0 Å². The van der Waals surface area contributed by atoms with Crippen molar-refractivity contribution in [2.45, 2.75) is 77.7 Å². The fraction of sp³-hybridized carbons (Fsp3) is 0.542. The first-order chi connectivity index (χ1) is 14.9. The first-order valence-electron chi connectivity index (χ1n) is 10.9. The van der Waals surface area contributed by atoms with Gasteiger partial charge in [0, 0.05) is 23.3 Å². The third-order valence-electron chi connectivity index (χ3n) is 6.37. The molecule has 0 radical (unpaired) electrons. The van der Waals surface area contributed by atoms with Crippen molar-refractivity contribution >= 4 is 5.78 Å². The van der Waals surface area contributed by atoms with Crippen LogP contribution in [0.25, 0.3) is 0 Å². The highest BCUT2D eigenvalue weighted by atomic mass is 19.4. The largest absolute Gasteiger partial charge is 0.491 e. The second-order valence-electron chi connectivity index (χ2n) is 9.77. The minimum Gasteiger partial charge on any atom is -0.491 e. The van der Waals surface area contributed by atoms with Crippen molar-refractivity contribution in [3.8, 4) is 5.75 Å². The van der Waals surface area contributed by atoms with Gasteiger partial charge < -0.3 is 10.1 Å². The summed E-state index contributed by atoms with van der Waals surface area (Å²) < 4.78 is 48.0. The van der Waals surface area contributed by atoms with Crippen LogP contribution in [0.2, 0.25) is 0 Å². The number of fused-ring (bicyclic) bond motifs is 1. The number of ether oxygens (including phenoxy) is 1. The van der Waals surface area contributed by atoms with Crippen LogP contribution >= 0.6 is 0 Å². The van der Waals surface area contributed by atoms with Crippen LogP contribution in [0, 0.1) is 5.41 Å². The van der Waals surface area contributed by atoms with Gasteiger partial charge in [0.15, 0.2) is 17.6 Å². The van der Waals surface area contributed by atoms with Gasteiger partial charge in [0.25, 0.3) is 0 Å². The summed E-state index contributed by atoms with van der Waals surface area (Å²) in [6.07, 6.45) is -4.65. The van der Waals surface area contributed by atoms with Crippen molar-refractivity contribution in [3.05, 3.63) is 52.4 Å². The molecule has 0 amide bonds. The van der Waals surface area contributed by atoms with E-state index in [-0.39, 0.29) is 35.7 Å². The molecule has 1 aromatic rings. The predicted octanol–water partition coefficient (Wildman–Crippen LogP) is 5.98. The molecule has 1 aromatic carbocycles. The second-order valence-corrected chi connectivity index (χ2v) is 9.77. The Morgan fingerprint density at radius 2 is 1.97 bits per heavy atom. The van der Waals surface area contributed by atoms with Gasteiger partial charge in [-0.2, -0.15) is 18.3 Å². The lowest BCUT2D eigenvalue weighted by Gasteiger charge is -2.48. The van der Waals surface area contributed by atoms with Crippen molar-refractivity contribution in [1.82, 2.24) is 5.32 Å².